The van der Waals surface area contributed by atoms with Crippen LogP contribution in [0.4, 0.5) is 11.4 Å². The van der Waals surface area contributed by atoms with Crippen molar-refractivity contribution in [2.75, 3.05) is 10.0 Å². The maximum Gasteiger partial charge on any atom is 0.337 e. The number of amides is 2. The standard InChI is InChI=1S/C15H12N3O7S/c19-13(14(20)17-23)16-9-5-7-10(8-6-9)26(24,25)18-12-4-2-1-3-11(12)15(21)22/h1-8,18H,(H3-,16,17,19,20,21,22,23)/q-1. The number of carbonyl (C=O) groups is 3. The fraction of sp³-hybridized carbons (Fsp3) is 0. The zero-order valence-electron chi connectivity index (χ0n) is 12.9. The summed E-state index contributed by atoms with van der Waals surface area (Å²) in [6.07, 6.45) is 0. The lowest BCUT2D eigenvalue weighted by Crippen LogP contribution is -2.31. The number of anilines is 2. The molecule has 4 N–H and O–H groups in total. The molecule has 0 saturated carbocycles. The molecule has 10 nitrogen and oxygen atoms in total. The molecule has 0 bridgehead atoms. The smallest absolute Gasteiger partial charge is 0.337 e. The van der Waals surface area contributed by atoms with Crippen molar-refractivity contribution in [3.63, 3.8) is 0 Å². The van der Waals surface area contributed by atoms with E-state index in [1.54, 1.807) is 0 Å². The van der Waals surface area contributed by atoms with Crippen LogP contribution >= 0.6 is 0 Å². The molecule has 0 aliphatic heterocycles. The van der Waals surface area contributed by atoms with Crippen molar-refractivity contribution in [1.29, 1.82) is 0 Å². The second kappa shape index (κ2) is 7.63. The van der Waals surface area contributed by atoms with Crippen molar-refractivity contribution >= 4 is 39.2 Å². The molecule has 0 saturated heterocycles. The molecule has 0 spiro atoms. The first-order valence-corrected chi connectivity index (χ1v) is 8.41. The SMILES string of the molecule is O=C(N[O-])C(=O)Nc1ccc(S(=O)(=O)Nc2ccccc2C(=O)O)cc1. The highest BCUT2D eigenvalue weighted by Gasteiger charge is 2.18. The topological polar surface area (TPSA) is 165 Å². The van der Waals surface area contributed by atoms with Gasteiger partial charge in [0.05, 0.1) is 16.1 Å². The lowest BCUT2D eigenvalue weighted by molar-refractivity contribution is -0.135. The summed E-state index contributed by atoms with van der Waals surface area (Å²) in [5.74, 6) is -3.89. The molecule has 0 aliphatic rings. The van der Waals surface area contributed by atoms with E-state index in [-0.39, 0.29) is 21.8 Å². The van der Waals surface area contributed by atoms with E-state index in [2.05, 4.69) is 10.0 Å². The molecule has 0 aromatic heterocycles. The predicted octanol–water partition coefficient (Wildman–Crippen LogP) is 0.738. The number of carbonyl (C=O) groups excluding carboxylic acids is 2. The summed E-state index contributed by atoms with van der Waals surface area (Å²) in [5.41, 5.74) is 0.668. The van der Waals surface area contributed by atoms with Crippen LogP contribution in [0.1, 0.15) is 10.4 Å². The van der Waals surface area contributed by atoms with Crippen molar-refractivity contribution in [3.05, 3.63) is 59.3 Å². The monoisotopic (exact) mass is 378 g/mol. The number of nitrogens with one attached hydrogen (secondary N) is 3. The van der Waals surface area contributed by atoms with Gasteiger partial charge in [0.2, 0.25) is 0 Å². The second-order valence-corrected chi connectivity index (χ2v) is 6.55. The van der Waals surface area contributed by atoms with Crippen LogP contribution in [-0.4, -0.2) is 31.3 Å². The largest absolute Gasteiger partial charge is 0.759 e. The van der Waals surface area contributed by atoms with Crippen molar-refractivity contribution in [1.82, 2.24) is 5.48 Å². The first-order chi connectivity index (χ1) is 12.2. The van der Waals surface area contributed by atoms with Crippen LogP contribution in [0.3, 0.4) is 0 Å². The van der Waals surface area contributed by atoms with Gasteiger partial charge in [-0.05, 0) is 36.4 Å². The molecule has 0 heterocycles. The van der Waals surface area contributed by atoms with Gasteiger partial charge < -0.3 is 21.1 Å². The molecule has 26 heavy (non-hydrogen) atoms. The molecule has 136 valence electrons. The van der Waals surface area contributed by atoms with Crippen molar-refractivity contribution in [3.8, 4) is 0 Å². The Kier molecular flexibility index (Phi) is 5.54. The number of hydrogen-bond donors (Lipinski definition) is 4. The maximum atomic E-state index is 12.4. The molecule has 0 atom stereocenters. The molecular formula is C15H12N3O7S-. The van der Waals surface area contributed by atoms with E-state index in [1.165, 1.54) is 36.4 Å². The summed E-state index contributed by atoms with van der Waals surface area (Å²) in [5, 5.41) is 21.3. The number of carboxylic acids is 1. The molecule has 2 amide bonds. The molecule has 2 aromatic rings. The van der Waals surface area contributed by atoms with E-state index in [0.29, 0.717) is 0 Å². The molecule has 0 aliphatic carbocycles. The third kappa shape index (κ3) is 4.34. The van der Waals surface area contributed by atoms with Crippen molar-refractivity contribution in [2.24, 2.45) is 0 Å². The quantitative estimate of drug-likeness (QED) is 0.440. The van der Waals surface area contributed by atoms with Crippen molar-refractivity contribution < 1.29 is 27.9 Å². The number of benzene rings is 2. The zero-order valence-corrected chi connectivity index (χ0v) is 13.7. The van der Waals surface area contributed by atoms with Crippen LogP contribution in [0.15, 0.2) is 53.4 Å². The Labute approximate surface area is 147 Å². The molecule has 0 unspecified atom stereocenters. The van der Waals surface area contributed by atoms with Crippen molar-refractivity contribution in [2.45, 2.75) is 4.90 Å². The van der Waals surface area contributed by atoms with Crippen LogP contribution in [0.2, 0.25) is 0 Å². The average molecular weight is 378 g/mol. The Balaban J connectivity index is 2.21. The number of aromatic carboxylic acids is 1. The van der Waals surface area contributed by atoms with Gasteiger partial charge in [0.1, 0.15) is 0 Å². The van der Waals surface area contributed by atoms with Crippen LogP contribution < -0.4 is 15.5 Å². The summed E-state index contributed by atoms with van der Waals surface area (Å²) >= 11 is 0. The van der Waals surface area contributed by atoms with E-state index in [0.717, 1.165) is 17.6 Å². The zero-order chi connectivity index (χ0) is 19.3. The van der Waals surface area contributed by atoms with Gasteiger partial charge >= 0.3 is 11.9 Å². The van der Waals surface area contributed by atoms with Crippen LogP contribution in [0.5, 0.6) is 0 Å². The number of hydrogen-bond acceptors (Lipinski definition) is 6. The van der Waals surface area contributed by atoms with Gasteiger partial charge in [0, 0.05) is 5.69 Å². The minimum Gasteiger partial charge on any atom is -0.759 e. The lowest BCUT2D eigenvalue weighted by atomic mass is 10.2. The van der Waals surface area contributed by atoms with E-state index in [9.17, 15) is 28.0 Å². The number of rotatable bonds is 5. The highest BCUT2D eigenvalue weighted by atomic mass is 32.2. The number of hydroxylamine groups is 1. The summed E-state index contributed by atoms with van der Waals surface area (Å²) in [7, 11) is -4.09. The molecule has 2 aromatic carbocycles. The minimum atomic E-state index is -4.09. The van der Waals surface area contributed by atoms with E-state index >= 15 is 0 Å². The van der Waals surface area contributed by atoms with Crippen LogP contribution in [-0.2, 0) is 19.6 Å². The first-order valence-electron chi connectivity index (χ1n) is 6.93. The van der Waals surface area contributed by atoms with Gasteiger partial charge in [0.25, 0.3) is 15.9 Å². The highest BCUT2D eigenvalue weighted by molar-refractivity contribution is 7.92. The van der Waals surface area contributed by atoms with E-state index < -0.39 is 27.8 Å². The van der Waals surface area contributed by atoms with Crippen LogP contribution in [0.25, 0.3) is 0 Å². The molecule has 0 radical (unpaired) electrons. The molecule has 0 fully saturated rings. The van der Waals surface area contributed by atoms with Gasteiger partial charge in [-0.15, -0.1) is 0 Å². The predicted molar refractivity (Wildman–Crippen MR) is 90.8 cm³/mol. The Morgan fingerprint density at radius 1 is 0.923 bits per heavy atom. The number of sulfonamides is 1. The highest BCUT2D eigenvalue weighted by Crippen LogP contribution is 2.21. The fourth-order valence-corrected chi connectivity index (χ4v) is 2.99. The Morgan fingerprint density at radius 2 is 1.54 bits per heavy atom. The molecule has 11 heteroatoms. The summed E-state index contributed by atoms with van der Waals surface area (Å²) in [4.78, 5) is 33.0. The Morgan fingerprint density at radius 3 is 2.12 bits per heavy atom. The lowest BCUT2D eigenvalue weighted by Gasteiger charge is -2.11. The van der Waals surface area contributed by atoms with Gasteiger partial charge in [-0.25, -0.2) is 13.2 Å². The van der Waals surface area contributed by atoms with Gasteiger partial charge in [-0.1, -0.05) is 12.1 Å². The van der Waals surface area contributed by atoms with Gasteiger partial charge in [-0.3, -0.25) is 14.3 Å². The van der Waals surface area contributed by atoms with Crippen LogP contribution in [0, 0.1) is 5.21 Å². The summed E-state index contributed by atoms with van der Waals surface area (Å²) < 4.78 is 26.9. The van der Waals surface area contributed by atoms with E-state index in [4.69, 9.17) is 5.11 Å². The summed E-state index contributed by atoms with van der Waals surface area (Å²) in [6.45, 7) is 0. The molecular weight excluding hydrogens is 366 g/mol. The number of carboxylic acid groups (broad SMARTS) is 1. The third-order valence-corrected chi connectivity index (χ3v) is 4.50. The summed E-state index contributed by atoms with van der Waals surface area (Å²) in [6, 6.07) is 10.2. The van der Waals surface area contributed by atoms with E-state index in [1.807, 2.05) is 0 Å². The fourth-order valence-electron chi connectivity index (χ4n) is 1.91. The number of para-hydroxylation sites is 1. The van der Waals surface area contributed by atoms with Gasteiger partial charge in [0.15, 0.2) is 0 Å². The average Bonchev–Trinajstić information content (AvgIpc) is 2.61. The minimum absolute atomic E-state index is 0.0866. The normalized spacial score (nSPS) is 10.7. The molecule has 2 rings (SSSR count). The second-order valence-electron chi connectivity index (χ2n) is 4.87. The first kappa shape index (κ1) is 18.9. The Bertz CT molecular complexity index is 955. The maximum absolute atomic E-state index is 12.4. The third-order valence-electron chi connectivity index (χ3n) is 3.12. The Hall–Kier alpha value is -3.44. The van der Waals surface area contributed by atoms with Gasteiger partial charge in [-0.2, -0.15) is 0 Å².